The van der Waals surface area contributed by atoms with Crippen molar-refractivity contribution in [2.75, 3.05) is 26.0 Å². The molecule has 0 spiro atoms. The van der Waals surface area contributed by atoms with Crippen LogP contribution in [0.1, 0.15) is 25.2 Å². The van der Waals surface area contributed by atoms with Crippen molar-refractivity contribution in [1.82, 2.24) is 25.4 Å². The number of methoxy groups -OCH3 is 1. The summed E-state index contributed by atoms with van der Waals surface area (Å²) < 4.78 is 7.29. The van der Waals surface area contributed by atoms with Gasteiger partial charge < -0.3 is 25.3 Å². The van der Waals surface area contributed by atoms with Gasteiger partial charge in [-0.2, -0.15) is 0 Å². The number of rotatable bonds is 8. The molecule has 0 aliphatic heterocycles. The lowest BCUT2D eigenvalue weighted by Gasteiger charge is -2.14. The van der Waals surface area contributed by atoms with Crippen molar-refractivity contribution in [3.63, 3.8) is 0 Å². The van der Waals surface area contributed by atoms with E-state index in [0.29, 0.717) is 30.5 Å². The van der Waals surface area contributed by atoms with Gasteiger partial charge in [-0.3, -0.25) is 9.79 Å². The van der Waals surface area contributed by atoms with E-state index in [1.165, 1.54) is 6.92 Å². The molecule has 0 unspecified atom stereocenters. The fourth-order valence-corrected chi connectivity index (χ4v) is 2.59. The number of ether oxygens (including phenoxy) is 1. The van der Waals surface area contributed by atoms with Gasteiger partial charge in [0, 0.05) is 40.0 Å². The van der Waals surface area contributed by atoms with E-state index in [1.54, 1.807) is 20.5 Å². The first kappa shape index (κ1) is 20.2. The number of hydrogen-bond donors (Lipinski definition) is 3. The first-order valence-corrected chi connectivity index (χ1v) is 8.83. The molecule has 0 aliphatic carbocycles. The molecule has 0 saturated heterocycles. The largest absolute Gasteiger partial charge is 0.495 e. The Kier molecular flexibility index (Phi) is 7.60. The molecule has 0 aliphatic rings. The van der Waals surface area contributed by atoms with Crippen LogP contribution in [0.5, 0.6) is 5.75 Å². The number of benzene rings is 1. The van der Waals surface area contributed by atoms with Gasteiger partial charge in [0.2, 0.25) is 5.91 Å². The van der Waals surface area contributed by atoms with Gasteiger partial charge in [0.05, 0.1) is 12.8 Å². The molecule has 3 N–H and O–H groups in total. The Bertz CT molecular complexity index is 786. The van der Waals surface area contributed by atoms with Crippen LogP contribution in [0.15, 0.2) is 29.5 Å². The van der Waals surface area contributed by atoms with Gasteiger partial charge in [0.25, 0.3) is 0 Å². The average molecular weight is 373 g/mol. The van der Waals surface area contributed by atoms with Crippen molar-refractivity contribution in [3.8, 4) is 5.75 Å². The highest BCUT2D eigenvalue weighted by Crippen LogP contribution is 2.25. The number of guanidine groups is 1. The molecule has 27 heavy (non-hydrogen) atoms. The third-order valence-corrected chi connectivity index (χ3v) is 3.92. The van der Waals surface area contributed by atoms with Crippen LogP contribution in [0.3, 0.4) is 0 Å². The number of carbonyl (C=O) groups excluding carboxylic acids is 1. The highest BCUT2D eigenvalue weighted by Gasteiger charge is 2.07. The minimum absolute atomic E-state index is 0.142. The van der Waals surface area contributed by atoms with E-state index in [0.717, 1.165) is 24.4 Å². The molecule has 9 heteroatoms. The molecule has 2 rings (SSSR count). The number of carbonyl (C=O) groups is 1. The van der Waals surface area contributed by atoms with Crippen LogP contribution in [0.25, 0.3) is 0 Å². The van der Waals surface area contributed by atoms with Crippen LogP contribution < -0.4 is 20.7 Å². The van der Waals surface area contributed by atoms with Gasteiger partial charge in [0.1, 0.15) is 17.9 Å². The SMILES string of the molecule is CCc1nncn1CCNC(=NC)NCc1ccc(OC)c(NC(C)=O)c1. The Hall–Kier alpha value is -3.10. The third kappa shape index (κ3) is 5.98. The van der Waals surface area contributed by atoms with E-state index in [4.69, 9.17) is 4.74 Å². The van der Waals surface area contributed by atoms with Crippen LogP contribution in [0, 0.1) is 0 Å². The van der Waals surface area contributed by atoms with Gasteiger partial charge in [-0.1, -0.05) is 13.0 Å². The standard InChI is InChI=1S/C18H27N7O2/c1-5-17-24-22-12-25(17)9-8-20-18(19-3)21-11-14-6-7-16(27-4)15(10-14)23-13(2)26/h6-7,10,12H,5,8-9,11H2,1-4H3,(H,23,26)(H2,19,20,21). The normalized spacial score (nSPS) is 11.2. The first-order chi connectivity index (χ1) is 13.1. The number of nitrogens with zero attached hydrogens (tertiary/aromatic N) is 4. The molecular weight excluding hydrogens is 346 g/mol. The van der Waals surface area contributed by atoms with Crippen LogP contribution in [-0.2, 0) is 24.3 Å². The Balaban J connectivity index is 1.89. The molecule has 1 amide bonds. The number of aliphatic imine (C=N–C) groups is 1. The summed E-state index contributed by atoms with van der Waals surface area (Å²) in [6.07, 6.45) is 2.58. The molecule has 0 fully saturated rings. The van der Waals surface area contributed by atoms with E-state index < -0.39 is 0 Å². The lowest BCUT2D eigenvalue weighted by molar-refractivity contribution is -0.114. The molecule has 1 aromatic heterocycles. The molecule has 0 atom stereocenters. The fraction of sp³-hybridized carbons (Fsp3) is 0.444. The molecule has 9 nitrogen and oxygen atoms in total. The maximum absolute atomic E-state index is 11.3. The molecule has 146 valence electrons. The molecular formula is C18H27N7O2. The van der Waals surface area contributed by atoms with Crippen LogP contribution in [0.4, 0.5) is 5.69 Å². The number of hydrogen-bond acceptors (Lipinski definition) is 5. The summed E-state index contributed by atoms with van der Waals surface area (Å²) in [6, 6.07) is 5.65. The van der Waals surface area contributed by atoms with Crippen LogP contribution >= 0.6 is 0 Å². The summed E-state index contributed by atoms with van der Waals surface area (Å²) in [5, 5.41) is 17.3. The van der Waals surface area contributed by atoms with E-state index in [9.17, 15) is 4.79 Å². The van der Waals surface area contributed by atoms with Gasteiger partial charge >= 0.3 is 0 Å². The molecule has 2 aromatic rings. The second-order valence-electron chi connectivity index (χ2n) is 5.86. The lowest BCUT2D eigenvalue weighted by Crippen LogP contribution is -2.38. The molecule has 0 radical (unpaired) electrons. The topological polar surface area (TPSA) is 105 Å². The first-order valence-electron chi connectivity index (χ1n) is 8.83. The van der Waals surface area contributed by atoms with Gasteiger partial charge in [-0.25, -0.2) is 0 Å². The maximum Gasteiger partial charge on any atom is 0.221 e. The Morgan fingerprint density at radius 1 is 1.33 bits per heavy atom. The summed E-state index contributed by atoms with van der Waals surface area (Å²) in [4.78, 5) is 15.6. The second-order valence-corrected chi connectivity index (χ2v) is 5.86. The highest BCUT2D eigenvalue weighted by atomic mass is 16.5. The van der Waals surface area contributed by atoms with Crippen molar-refractivity contribution < 1.29 is 9.53 Å². The maximum atomic E-state index is 11.3. The summed E-state index contributed by atoms with van der Waals surface area (Å²) in [7, 11) is 3.30. The Morgan fingerprint density at radius 2 is 2.15 bits per heavy atom. The Morgan fingerprint density at radius 3 is 2.81 bits per heavy atom. The van der Waals surface area contributed by atoms with Gasteiger partial charge in [-0.15, -0.1) is 10.2 Å². The number of nitrogens with one attached hydrogen (secondary N) is 3. The number of aromatic nitrogens is 3. The van der Waals surface area contributed by atoms with Crippen molar-refractivity contribution in [2.45, 2.75) is 33.4 Å². The van der Waals surface area contributed by atoms with E-state index in [1.807, 2.05) is 22.8 Å². The van der Waals surface area contributed by atoms with Crippen molar-refractivity contribution >= 4 is 17.6 Å². The van der Waals surface area contributed by atoms with Crippen molar-refractivity contribution in [3.05, 3.63) is 35.9 Å². The minimum Gasteiger partial charge on any atom is -0.495 e. The monoisotopic (exact) mass is 373 g/mol. The zero-order valence-electron chi connectivity index (χ0n) is 16.2. The number of aryl methyl sites for hydroxylation is 1. The minimum atomic E-state index is -0.142. The zero-order chi connectivity index (χ0) is 19.6. The summed E-state index contributed by atoms with van der Waals surface area (Å²) in [6.45, 7) is 5.54. The van der Waals surface area contributed by atoms with Gasteiger partial charge in [-0.05, 0) is 17.7 Å². The predicted octanol–water partition coefficient (Wildman–Crippen LogP) is 1.17. The quantitative estimate of drug-likeness (QED) is 0.474. The third-order valence-electron chi connectivity index (χ3n) is 3.92. The lowest BCUT2D eigenvalue weighted by atomic mass is 10.2. The summed E-state index contributed by atoms with van der Waals surface area (Å²) >= 11 is 0. The van der Waals surface area contributed by atoms with E-state index in [-0.39, 0.29) is 5.91 Å². The molecule has 1 aromatic carbocycles. The molecule has 0 saturated carbocycles. The summed E-state index contributed by atoms with van der Waals surface area (Å²) in [5.41, 5.74) is 1.64. The van der Waals surface area contributed by atoms with E-state index >= 15 is 0 Å². The molecule has 1 heterocycles. The second kappa shape index (κ2) is 10.1. The average Bonchev–Trinajstić information content (AvgIpc) is 3.11. The smallest absolute Gasteiger partial charge is 0.221 e. The van der Waals surface area contributed by atoms with Crippen LogP contribution in [-0.4, -0.2) is 47.3 Å². The van der Waals surface area contributed by atoms with E-state index in [2.05, 4.69) is 38.1 Å². The van der Waals surface area contributed by atoms with Crippen molar-refractivity contribution in [2.24, 2.45) is 4.99 Å². The van der Waals surface area contributed by atoms with Crippen LogP contribution in [0.2, 0.25) is 0 Å². The Labute approximate surface area is 159 Å². The number of anilines is 1. The van der Waals surface area contributed by atoms with Crippen molar-refractivity contribution in [1.29, 1.82) is 0 Å². The molecule has 0 bridgehead atoms. The summed E-state index contributed by atoms with van der Waals surface area (Å²) in [5.74, 6) is 2.13. The predicted molar refractivity (Wildman–Crippen MR) is 105 cm³/mol. The fourth-order valence-electron chi connectivity index (χ4n) is 2.59. The van der Waals surface area contributed by atoms with Gasteiger partial charge in [0.15, 0.2) is 5.96 Å². The zero-order valence-corrected chi connectivity index (χ0v) is 16.2. The number of amides is 1. The highest BCUT2D eigenvalue weighted by molar-refractivity contribution is 5.90.